The van der Waals surface area contributed by atoms with Crippen LogP contribution in [0.1, 0.15) is 39.8 Å². The Kier molecular flexibility index (Phi) is 2.41. The number of nitrogens with zero attached hydrogens (tertiary/aromatic N) is 1. The maximum absolute atomic E-state index is 9.92. The number of fused-ring (bicyclic) bond motifs is 3. The van der Waals surface area contributed by atoms with Gasteiger partial charge in [-0.25, -0.2) is 0 Å². The van der Waals surface area contributed by atoms with E-state index < -0.39 is 248 Å². The molecule has 0 N–H and O–H groups in total. The average Bonchev–Trinajstić information content (AvgIpc) is 3.75. The van der Waals surface area contributed by atoms with Crippen LogP contribution in [0.5, 0.6) is 0 Å². The van der Waals surface area contributed by atoms with Crippen LogP contribution in [0.25, 0.3) is 55.3 Å². The Labute approximate surface area is 297 Å². The van der Waals surface area contributed by atoms with Gasteiger partial charge < -0.3 is 9.32 Å². The van der Waals surface area contributed by atoms with Crippen molar-refractivity contribution in [2.45, 2.75) is 0 Å². The van der Waals surface area contributed by atoms with E-state index >= 15 is 0 Å². The molecule has 0 atom stereocenters. The van der Waals surface area contributed by atoms with E-state index in [4.69, 9.17) is 33.2 Å². The van der Waals surface area contributed by atoms with Crippen molar-refractivity contribution in [1.29, 1.82) is 0 Å². The Bertz CT molecular complexity index is 3780. The Morgan fingerprint density at radius 3 is 1.70 bits per heavy atom. The lowest BCUT2D eigenvalue weighted by molar-refractivity contribution is 0.670. The number of anilines is 3. The number of rotatable bonds is 6. The van der Waals surface area contributed by atoms with Gasteiger partial charge in [-0.05, 0) is 70.1 Å². The largest absolute Gasteiger partial charge is 0.455 e. The monoisotopic (exact) mass is 592 g/mol. The Morgan fingerprint density at radius 1 is 0.432 bits per heavy atom. The predicted molar refractivity (Wildman–Crippen MR) is 185 cm³/mol. The quantitative estimate of drug-likeness (QED) is 0.191. The second-order valence-electron chi connectivity index (χ2n) is 8.77. The molecule has 0 unspecified atom stereocenters. The summed E-state index contributed by atoms with van der Waals surface area (Å²) in [4.78, 5) is 0.381. The fraction of sp³-hybridized carbons (Fsp3) is 0. The molecule has 0 saturated carbocycles. The van der Waals surface area contributed by atoms with Gasteiger partial charge in [0.05, 0.1) is 50.8 Å². The first-order valence-electron chi connectivity index (χ1n) is 27.1. The molecule has 0 spiro atoms. The maximum Gasteiger partial charge on any atom is 0.145 e. The lowest BCUT2D eigenvalue weighted by Gasteiger charge is -2.27. The molecule has 8 rings (SSSR count). The smallest absolute Gasteiger partial charge is 0.145 e. The summed E-state index contributed by atoms with van der Waals surface area (Å²) in [6.45, 7) is 0. The molecular formula is C42H29NO. The van der Waals surface area contributed by atoms with Crippen LogP contribution in [0.3, 0.4) is 0 Å². The summed E-state index contributed by atoms with van der Waals surface area (Å²) in [5.74, 6) is 0. The summed E-state index contributed by atoms with van der Waals surface area (Å²) in [6.07, 6.45) is 0. The molecule has 8 aromatic rings. The van der Waals surface area contributed by atoms with Gasteiger partial charge >= 0.3 is 0 Å². The molecule has 0 fully saturated rings. The first-order valence-corrected chi connectivity index (χ1v) is 12.6. The van der Waals surface area contributed by atoms with E-state index in [1.165, 1.54) is 0 Å². The van der Waals surface area contributed by atoms with E-state index in [9.17, 15) is 11.0 Å². The summed E-state index contributed by atoms with van der Waals surface area (Å²) >= 11 is 0. The van der Waals surface area contributed by atoms with Crippen LogP contribution in [0, 0.1) is 0 Å². The fourth-order valence-electron chi connectivity index (χ4n) is 4.51. The Hall–Kier alpha value is -5.86. The molecule has 44 heavy (non-hydrogen) atoms. The number of furan rings is 1. The van der Waals surface area contributed by atoms with Gasteiger partial charge in [0.1, 0.15) is 11.2 Å². The molecule has 2 nitrogen and oxygen atoms in total. The summed E-state index contributed by atoms with van der Waals surface area (Å²) in [7, 11) is 0. The summed E-state index contributed by atoms with van der Waals surface area (Å²) in [5.41, 5.74) is -10.4. The van der Waals surface area contributed by atoms with Gasteiger partial charge in [-0.3, -0.25) is 0 Å². The predicted octanol–water partition coefficient (Wildman–Crippen LogP) is 12.1. The maximum atomic E-state index is 9.92. The van der Waals surface area contributed by atoms with Crippen molar-refractivity contribution < 1.29 is 44.2 Å². The number of hydrogen-bond donors (Lipinski definition) is 0. The molecule has 208 valence electrons. The van der Waals surface area contributed by atoms with Gasteiger partial charge in [-0.1, -0.05) is 133 Å². The highest BCUT2D eigenvalue weighted by molar-refractivity contribution is 6.17. The second kappa shape index (κ2) is 11.1. The molecule has 0 aliphatic carbocycles. The minimum absolute atomic E-state index is 0.381. The molecule has 0 saturated heterocycles. The van der Waals surface area contributed by atoms with Crippen molar-refractivity contribution in [1.82, 2.24) is 0 Å². The highest BCUT2D eigenvalue weighted by atomic mass is 16.3. The topological polar surface area (TPSA) is 16.4 Å². The zero-order valence-corrected chi connectivity index (χ0v) is 21.9. The van der Waals surface area contributed by atoms with Crippen molar-refractivity contribution in [2.24, 2.45) is 0 Å². The highest BCUT2D eigenvalue weighted by Crippen LogP contribution is 2.46. The molecule has 0 radical (unpaired) electrons. The minimum atomic E-state index is -1.31. The molecule has 1 aromatic heterocycles. The van der Waals surface area contributed by atoms with Crippen molar-refractivity contribution in [3.05, 3.63) is 175 Å². The van der Waals surface area contributed by atoms with E-state index in [0.29, 0.717) is 4.90 Å². The van der Waals surface area contributed by atoms with Gasteiger partial charge in [0.2, 0.25) is 0 Å². The Balaban J connectivity index is 1.71. The van der Waals surface area contributed by atoms with Crippen LogP contribution in [0.15, 0.2) is 180 Å². The molecular weight excluding hydrogens is 534 g/mol. The van der Waals surface area contributed by atoms with Crippen molar-refractivity contribution >= 4 is 39.0 Å². The van der Waals surface area contributed by atoms with Crippen molar-refractivity contribution in [3.8, 4) is 33.4 Å². The molecule has 7 aromatic carbocycles. The number of hydrogen-bond acceptors (Lipinski definition) is 2. The molecule has 0 amide bonds. The molecule has 0 aliphatic rings. The van der Waals surface area contributed by atoms with E-state index in [0.717, 1.165) is 0 Å². The van der Waals surface area contributed by atoms with Crippen LogP contribution >= 0.6 is 0 Å². The van der Waals surface area contributed by atoms with Crippen LogP contribution in [0.4, 0.5) is 17.1 Å². The van der Waals surface area contributed by atoms with Gasteiger partial charge in [0.25, 0.3) is 0 Å². The fourth-order valence-corrected chi connectivity index (χ4v) is 4.51. The summed E-state index contributed by atoms with van der Waals surface area (Å²) in [5, 5.41) is -1.50. The first-order chi connectivity index (χ1) is 33.9. The third-order valence-electron chi connectivity index (χ3n) is 6.31. The van der Waals surface area contributed by atoms with Gasteiger partial charge in [-0.2, -0.15) is 0 Å². The normalized spacial score (nSPS) is 20.4. The van der Waals surface area contributed by atoms with Crippen LogP contribution in [-0.2, 0) is 0 Å². The molecule has 0 aliphatic heterocycles. The summed E-state index contributed by atoms with van der Waals surface area (Å²) in [6, 6.07) is -30.9. The zero-order valence-electron chi connectivity index (χ0n) is 50.9. The first kappa shape index (κ1) is 9.57. The third-order valence-corrected chi connectivity index (χ3v) is 6.31. The minimum Gasteiger partial charge on any atom is -0.455 e. The summed E-state index contributed by atoms with van der Waals surface area (Å²) < 4.78 is 263. The lowest BCUT2D eigenvalue weighted by Crippen LogP contribution is -2.10. The van der Waals surface area contributed by atoms with E-state index in [-0.39, 0.29) is 0 Å². The lowest BCUT2D eigenvalue weighted by atomic mass is 9.94. The highest BCUT2D eigenvalue weighted by Gasteiger charge is 2.22. The van der Waals surface area contributed by atoms with Crippen LogP contribution < -0.4 is 4.90 Å². The number of para-hydroxylation sites is 2. The van der Waals surface area contributed by atoms with E-state index in [1.54, 1.807) is 0 Å². The van der Waals surface area contributed by atoms with E-state index in [1.807, 2.05) is 0 Å². The Morgan fingerprint density at radius 2 is 0.977 bits per heavy atom. The van der Waals surface area contributed by atoms with Crippen LogP contribution in [-0.4, -0.2) is 0 Å². The van der Waals surface area contributed by atoms with E-state index in [2.05, 4.69) is 0 Å². The third kappa shape index (κ3) is 4.54. The van der Waals surface area contributed by atoms with Crippen LogP contribution in [0.2, 0.25) is 0 Å². The van der Waals surface area contributed by atoms with Gasteiger partial charge in [0, 0.05) is 22.3 Å². The van der Waals surface area contributed by atoms with Gasteiger partial charge in [0.15, 0.2) is 0 Å². The van der Waals surface area contributed by atoms with Crippen molar-refractivity contribution in [2.75, 3.05) is 4.90 Å². The molecule has 1 heterocycles. The zero-order chi connectivity index (χ0) is 54.5. The standard InChI is InChI=1S/C42H29NO/c1-4-15-30(16-5-1)35-23-10-11-24-36(35)32-19-14-22-34(29-32)43(33-20-8-3-9-21-33)39-28-27-37(31-17-6-2-7-18-31)42-41(39)38-25-12-13-26-40(38)44-42/h1-29H/i1D,2D,3D,4D,5D,6D,7D,8D,9D,10D,11D,12D,13D,14D,15D,16D,17D,18D,19D,20D,21D,22D,23D,24D,25D,26D,27D,28D,29D. The van der Waals surface area contributed by atoms with Gasteiger partial charge in [-0.15, -0.1) is 0 Å². The molecule has 0 bridgehead atoms. The van der Waals surface area contributed by atoms with Crippen molar-refractivity contribution in [3.63, 3.8) is 0 Å². The second-order valence-corrected chi connectivity index (χ2v) is 8.77. The SMILES string of the molecule is [2H]c1c([2H])c([2H])c(-c2c([2H])c([2H])c([2H])c([2H])c2-c2c([2H])c([2H])c([2H])c(N(c3c([2H])c([2H])c([2H])c([2H])c3[2H])c3c([2H])c([2H])c(-c4c([2H])c([2H])c([2H])c([2H])c4[2H])c4oc5c([2H])c([2H])c([2H])c([2H])c5c34)c2[2H])c([2H])c1[2H]. The molecule has 2 heteroatoms. The number of benzene rings is 7. The average molecular weight is 593 g/mol.